The predicted molar refractivity (Wildman–Crippen MR) is 151 cm³/mol. The number of hydrogen-bond donors (Lipinski definition) is 1. The van der Waals surface area contributed by atoms with Gasteiger partial charge in [0.25, 0.3) is 17.4 Å². The number of aryl methyl sites for hydroxylation is 1. The van der Waals surface area contributed by atoms with Crippen molar-refractivity contribution < 1.29 is 14.4 Å². The average Bonchev–Trinajstić information content (AvgIpc) is 3.62. The summed E-state index contributed by atoms with van der Waals surface area (Å²) in [6.45, 7) is 2.25. The summed E-state index contributed by atoms with van der Waals surface area (Å²) in [6, 6.07) is 16.9. The fourth-order valence-corrected chi connectivity index (χ4v) is 7.68. The van der Waals surface area contributed by atoms with Crippen molar-refractivity contribution in [2.45, 2.75) is 37.3 Å². The number of pyridine rings is 1. The third-order valence-corrected chi connectivity index (χ3v) is 9.50. The number of para-hydroxylation sites is 2. The van der Waals surface area contributed by atoms with Crippen LogP contribution >= 0.6 is 0 Å². The fraction of sp³-hybridized carbons (Fsp3) is 0.419. The molecule has 3 aromatic rings. The first kappa shape index (κ1) is 25.0. The van der Waals surface area contributed by atoms with Crippen LogP contribution in [0.25, 0.3) is 10.9 Å². The summed E-state index contributed by atoms with van der Waals surface area (Å²) in [6.07, 6.45) is 3.27. The summed E-state index contributed by atoms with van der Waals surface area (Å²) < 4.78 is 1.54. The smallest absolute Gasteiger partial charge is 0.254 e. The summed E-state index contributed by atoms with van der Waals surface area (Å²) >= 11 is 0. The maximum atomic E-state index is 14.5. The monoisotopic (exact) mass is 539 g/mol. The van der Waals surface area contributed by atoms with Gasteiger partial charge in [-0.1, -0.05) is 36.4 Å². The quantitative estimate of drug-likeness (QED) is 0.512. The molecular weight excluding hydrogens is 506 g/mol. The molecule has 3 fully saturated rings. The highest BCUT2D eigenvalue weighted by molar-refractivity contribution is 6.11. The Kier molecular flexibility index (Phi) is 5.82. The molecule has 40 heavy (non-hydrogen) atoms. The number of rotatable bonds is 1. The Labute approximate surface area is 232 Å². The highest BCUT2D eigenvalue weighted by Gasteiger charge is 2.67. The number of fused-ring (bicyclic) bond motifs is 5. The zero-order chi connectivity index (χ0) is 27.6. The minimum Gasteiger partial charge on any atom is -0.356 e. The van der Waals surface area contributed by atoms with E-state index in [9.17, 15) is 19.2 Å². The molecule has 1 N–H and O–H groups in total. The maximum Gasteiger partial charge on any atom is 0.254 e. The van der Waals surface area contributed by atoms with E-state index in [-0.39, 0.29) is 29.3 Å². The topological polar surface area (TPSA) is 95.0 Å². The molecule has 9 nitrogen and oxygen atoms in total. The minimum absolute atomic E-state index is 0.0646. The second-order valence-corrected chi connectivity index (χ2v) is 11.4. The number of hydrogen-bond acceptors (Lipinski definition) is 5. The summed E-state index contributed by atoms with van der Waals surface area (Å²) in [5.74, 6) is -0.841. The van der Waals surface area contributed by atoms with Crippen LogP contribution in [0.1, 0.15) is 41.6 Å². The number of amides is 3. The standard InChI is InChI=1S/C31H33N5O4/c1-33-25-11-4-2-9-21(25)22(19-27(33)37)29(39)34-14-7-13-32-28(38)24-18-20-8-6-15-36(20)31(24)23-10-3-5-12-26(23)35(17-16-34)30(31)40/h2-5,9-12,19-20,24H,6-8,13-18H2,1H3,(H,32,38)/t20-,24+,31+/m0/s1. The Bertz CT molecular complexity index is 1610. The molecule has 0 radical (unpaired) electrons. The molecular formula is C31H33N5O4. The van der Waals surface area contributed by atoms with Crippen LogP contribution in [0.3, 0.4) is 0 Å². The molecule has 206 valence electrons. The molecule has 0 saturated carbocycles. The summed E-state index contributed by atoms with van der Waals surface area (Å²) in [5.41, 5.74) is 1.52. The number of carbonyl (C=O) groups is 3. The largest absolute Gasteiger partial charge is 0.356 e. The van der Waals surface area contributed by atoms with Crippen molar-refractivity contribution in [2.75, 3.05) is 37.6 Å². The number of carbonyl (C=O) groups excluding carboxylic acids is 3. The SMILES string of the molecule is Cn1c(=O)cc(C(=O)N2CCCNC(=O)[C@H]3C[C@@H]4CCCN4[C@@]34C(=O)N(CC2)c2ccccc24)c2ccccc21. The molecule has 3 atom stereocenters. The van der Waals surface area contributed by atoms with E-state index in [0.29, 0.717) is 55.5 Å². The van der Waals surface area contributed by atoms with Gasteiger partial charge >= 0.3 is 0 Å². The number of nitrogens with zero attached hydrogens (tertiary/aromatic N) is 4. The Balaban J connectivity index is 1.29. The minimum atomic E-state index is -1.00. The van der Waals surface area contributed by atoms with E-state index in [4.69, 9.17) is 0 Å². The molecule has 2 bridgehead atoms. The first-order chi connectivity index (χ1) is 19.4. The van der Waals surface area contributed by atoms with E-state index in [2.05, 4.69) is 10.2 Å². The summed E-state index contributed by atoms with van der Waals surface area (Å²) in [4.78, 5) is 60.8. The second kappa shape index (κ2) is 9.30. The van der Waals surface area contributed by atoms with Gasteiger partial charge in [-0.25, -0.2) is 0 Å². The maximum absolute atomic E-state index is 14.5. The molecule has 4 aliphatic rings. The number of anilines is 1. The van der Waals surface area contributed by atoms with Gasteiger partial charge in [0.1, 0.15) is 5.54 Å². The Morgan fingerprint density at radius 2 is 1.75 bits per heavy atom. The van der Waals surface area contributed by atoms with E-state index in [1.807, 2.05) is 48.5 Å². The van der Waals surface area contributed by atoms with Crippen LogP contribution in [0.5, 0.6) is 0 Å². The van der Waals surface area contributed by atoms with Gasteiger partial charge in [0.2, 0.25) is 5.91 Å². The molecule has 5 heterocycles. The molecule has 0 unspecified atom stereocenters. The van der Waals surface area contributed by atoms with Gasteiger partial charge in [-0.3, -0.25) is 24.1 Å². The van der Waals surface area contributed by atoms with Crippen molar-refractivity contribution in [3.63, 3.8) is 0 Å². The van der Waals surface area contributed by atoms with E-state index in [0.717, 1.165) is 30.6 Å². The van der Waals surface area contributed by atoms with Gasteiger partial charge in [0, 0.05) is 62.0 Å². The third kappa shape index (κ3) is 3.43. The van der Waals surface area contributed by atoms with Gasteiger partial charge in [0.15, 0.2) is 0 Å². The molecule has 0 aliphatic carbocycles. The van der Waals surface area contributed by atoms with Crippen molar-refractivity contribution in [1.82, 2.24) is 19.7 Å². The van der Waals surface area contributed by atoms with E-state index < -0.39 is 11.5 Å². The average molecular weight is 540 g/mol. The van der Waals surface area contributed by atoms with Crippen LogP contribution in [-0.2, 0) is 22.2 Å². The zero-order valence-electron chi connectivity index (χ0n) is 22.6. The van der Waals surface area contributed by atoms with E-state index in [1.54, 1.807) is 21.4 Å². The van der Waals surface area contributed by atoms with Gasteiger partial charge in [-0.05, 0) is 44.4 Å². The lowest BCUT2D eigenvalue weighted by Gasteiger charge is -2.38. The van der Waals surface area contributed by atoms with Gasteiger partial charge in [0.05, 0.1) is 17.0 Å². The van der Waals surface area contributed by atoms with Crippen molar-refractivity contribution in [3.05, 3.63) is 76.1 Å². The van der Waals surface area contributed by atoms with Crippen LogP contribution in [0, 0.1) is 5.92 Å². The van der Waals surface area contributed by atoms with Crippen LogP contribution in [-0.4, -0.2) is 70.9 Å². The molecule has 1 spiro atoms. The van der Waals surface area contributed by atoms with E-state index >= 15 is 0 Å². The second-order valence-electron chi connectivity index (χ2n) is 11.4. The van der Waals surface area contributed by atoms with Crippen molar-refractivity contribution in [3.8, 4) is 0 Å². The first-order valence-corrected chi connectivity index (χ1v) is 14.3. The predicted octanol–water partition coefficient (Wildman–Crippen LogP) is 2.23. The normalized spacial score (nSPS) is 26.6. The van der Waals surface area contributed by atoms with Crippen molar-refractivity contribution in [1.29, 1.82) is 0 Å². The van der Waals surface area contributed by atoms with Gasteiger partial charge in [-0.2, -0.15) is 0 Å². The lowest BCUT2D eigenvalue weighted by molar-refractivity contribution is -0.139. The third-order valence-electron chi connectivity index (χ3n) is 9.50. The molecule has 9 heteroatoms. The van der Waals surface area contributed by atoms with Crippen molar-refractivity contribution in [2.24, 2.45) is 13.0 Å². The molecule has 4 aliphatic heterocycles. The Morgan fingerprint density at radius 3 is 2.62 bits per heavy atom. The van der Waals surface area contributed by atoms with E-state index in [1.165, 1.54) is 6.07 Å². The Hall–Kier alpha value is -3.98. The zero-order valence-corrected chi connectivity index (χ0v) is 22.6. The van der Waals surface area contributed by atoms with Crippen LogP contribution in [0.4, 0.5) is 5.69 Å². The molecule has 1 aromatic heterocycles. The fourth-order valence-electron chi connectivity index (χ4n) is 7.68. The molecule has 3 saturated heterocycles. The Morgan fingerprint density at radius 1 is 0.950 bits per heavy atom. The lowest BCUT2D eigenvalue weighted by Crippen LogP contribution is -2.57. The van der Waals surface area contributed by atoms with Crippen LogP contribution in [0.2, 0.25) is 0 Å². The number of nitrogens with one attached hydrogen (secondary N) is 1. The molecule has 7 rings (SSSR count). The van der Waals surface area contributed by atoms with Crippen LogP contribution < -0.4 is 15.8 Å². The number of benzene rings is 2. The van der Waals surface area contributed by atoms with Gasteiger partial charge in [-0.15, -0.1) is 0 Å². The van der Waals surface area contributed by atoms with Gasteiger partial charge < -0.3 is 19.7 Å². The molecule has 3 amide bonds. The van der Waals surface area contributed by atoms with Crippen molar-refractivity contribution >= 4 is 34.3 Å². The highest BCUT2D eigenvalue weighted by Crippen LogP contribution is 2.57. The number of aromatic nitrogens is 1. The first-order valence-electron chi connectivity index (χ1n) is 14.3. The van der Waals surface area contributed by atoms with Crippen LogP contribution in [0.15, 0.2) is 59.4 Å². The summed E-state index contributed by atoms with van der Waals surface area (Å²) in [5, 5.41) is 3.82. The lowest BCUT2D eigenvalue weighted by atomic mass is 9.78. The summed E-state index contributed by atoms with van der Waals surface area (Å²) in [7, 11) is 1.70. The highest BCUT2D eigenvalue weighted by atomic mass is 16.2. The molecule has 2 aromatic carbocycles.